The predicted molar refractivity (Wildman–Crippen MR) is 110 cm³/mol. The van der Waals surface area contributed by atoms with Crippen LogP contribution in [0, 0.1) is 17.7 Å². The molecule has 4 rings (SSSR count). The fourth-order valence-electron chi connectivity index (χ4n) is 2.96. The fraction of sp³-hybridized carbons (Fsp3) is 0.0833. The zero-order valence-electron chi connectivity index (χ0n) is 16.1. The Morgan fingerprint density at radius 2 is 1.80 bits per heavy atom. The number of rotatable bonds is 4. The van der Waals surface area contributed by atoms with Crippen LogP contribution in [0.2, 0.25) is 0 Å². The molecular weight excluding hydrogens is 383 g/mol. The number of ether oxygens (including phenoxy) is 2. The van der Waals surface area contributed by atoms with Crippen molar-refractivity contribution in [3.63, 3.8) is 0 Å². The highest BCUT2D eigenvalue weighted by Crippen LogP contribution is 2.21. The minimum atomic E-state index is -0.475. The highest BCUT2D eigenvalue weighted by Gasteiger charge is 2.15. The molecule has 2 aromatic carbocycles. The molecule has 6 heteroatoms. The van der Waals surface area contributed by atoms with Gasteiger partial charge in [0.15, 0.2) is 0 Å². The van der Waals surface area contributed by atoms with Gasteiger partial charge in [-0.1, -0.05) is 24.1 Å². The van der Waals surface area contributed by atoms with E-state index in [1.807, 2.05) is 28.8 Å². The first-order chi connectivity index (χ1) is 14.7. The molecule has 0 N–H and O–H groups in total. The molecule has 0 fully saturated rings. The van der Waals surface area contributed by atoms with Crippen molar-refractivity contribution in [2.75, 3.05) is 7.11 Å². The molecule has 0 saturated carbocycles. The van der Waals surface area contributed by atoms with Crippen LogP contribution in [0.3, 0.4) is 0 Å². The summed E-state index contributed by atoms with van der Waals surface area (Å²) < 4.78 is 25.7. The van der Waals surface area contributed by atoms with E-state index in [1.54, 1.807) is 36.4 Å². The third-order valence-electron chi connectivity index (χ3n) is 4.43. The SMILES string of the molecule is COC(=O)c1ccccc1OCc1nc2ccccn2c1C#Cc1ccc(F)cc1. The monoisotopic (exact) mass is 400 g/mol. The van der Waals surface area contributed by atoms with Gasteiger partial charge in [-0.3, -0.25) is 4.40 Å². The van der Waals surface area contributed by atoms with E-state index in [0.29, 0.717) is 28.3 Å². The number of hydrogen-bond donors (Lipinski definition) is 0. The van der Waals surface area contributed by atoms with Gasteiger partial charge in [0.05, 0.1) is 7.11 Å². The Balaban J connectivity index is 1.68. The molecule has 0 saturated heterocycles. The highest BCUT2D eigenvalue weighted by atomic mass is 19.1. The van der Waals surface area contributed by atoms with Gasteiger partial charge in [0.1, 0.15) is 40.8 Å². The van der Waals surface area contributed by atoms with Crippen LogP contribution < -0.4 is 4.74 Å². The summed E-state index contributed by atoms with van der Waals surface area (Å²) in [5.41, 5.74) is 3.02. The number of halogens is 1. The summed E-state index contributed by atoms with van der Waals surface area (Å²) in [4.78, 5) is 16.6. The van der Waals surface area contributed by atoms with Crippen LogP contribution >= 0.6 is 0 Å². The van der Waals surface area contributed by atoms with Crippen molar-refractivity contribution in [2.45, 2.75) is 6.61 Å². The molecule has 2 heterocycles. The van der Waals surface area contributed by atoms with Crippen molar-refractivity contribution in [3.8, 4) is 17.6 Å². The van der Waals surface area contributed by atoms with Crippen LogP contribution in [-0.4, -0.2) is 22.5 Å². The molecule has 4 aromatic rings. The predicted octanol–water partition coefficient (Wildman–Crippen LogP) is 4.24. The van der Waals surface area contributed by atoms with Crippen LogP contribution in [0.4, 0.5) is 4.39 Å². The second kappa shape index (κ2) is 8.50. The number of imidazole rings is 1. The van der Waals surface area contributed by atoms with Gasteiger partial charge in [-0.05, 0) is 54.5 Å². The molecule has 2 aromatic heterocycles. The highest BCUT2D eigenvalue weighted by molar-refractivity contribution is 5.92. The quantitative estimate of drug-likeness (QED) is 0.380. The lowest BCUT2D eigenvalue weighted by Crippen LogP contribution is -2.06. The largest absolute Gasteiger partial charge is 0.486 e. The smallest absolute Gasteiger partial charge is 0.341 e. The average molecular weight is 400 g/mol. The maximum Gasteiger partial charge on any atom is 0.341 e. The first-order valence-electron chi connectivity index (χ1n) is 9.19. The van der Waals surface area contributed by atoms with Gasteiger partial charge < -0.3 is 9.47 Å². The number of nitrogens with zero attached hydrogens (tertiary/aromatic N) is 2. The number of aromatic nitrogens is 2. The number of esters is 1. The number of para-hydroxylation sites is 1. The molecule has 0 bridgehead atoms. The van der Waals surface area contributed by atoms with Gasteiger partial charge in [0.2, 0.25) is 0 Å². The van der Waals surface area contributed by atoms with Crippen molar-refractivity contribution in [3.05, 3.63) is 101 Å². The normalized spacial score (nSPS) is 10.3. The van der Waals surface area contributed by atoms with Crippen LogP contribution in [-0.2, 0) is 11.3 Å². The Morgan fingerprint density at radius 1 is 1.03 bits per heavy atom. The standard InChI is InChI=1S/C24H17FN2O3/c1-29-24(28)19-6-2-3-7-22(19)30-16-20-21(27-15-5-4-8-23(27)26-20)14-11-17-9-12-18(25)13-10-17/h2-10,12-13,15H,16H2,1H3. The van der Waals surface area contributed by atoms with E-state index in [0.717, 1.165) is 5.65 Å². The maximum absolute atomic E-state index is 13.1. The van der Waals surface area contributed by atoms with Crippen molar-refractivity contribution < 1.29 is 18.7 Å². The van der Waals surface area contributed by atoms with Crippen LogP contribution in [0.25, 0.3) is 5.65 Å². The number of carbonyl (C=O) groups excluding carboxylic acids is 1. The van der Waals surface area contributed by atoms with E-state index >= 15 is 0 Å². The number of methoxy groups -OCH3 is 1. The summed E-state index contributed by atoms with van der Waals surface area (Å²) in [5, 5.41) is 0. The van der Waals surface area contributed by atoms with Gasteiger partial charge in [-0.2, -0.15) is 0 Å². The fourth-order valence-corrected chi connectivity index (χ4v) is 2.96. The molecule has 5 nitrogen and oxygen atoms in total. The van der Waals surface area contributed by atoms with Crippen molar-refractivity contribution in [1.29, 1.82) is 0 Å². The molecule has 148 valence electrons. The van der Waals surface area contributed by atoms with E-state index in [2.05, 4.69) is 16.8 Å². The molecule has 0 radical (unpaired) electrons. The van der Waals surface area contributed by atoms with Crippen LogP contribution in [0.5, 0.6) is 5.75 Å². The molecule has 0 unspecified atom stereocenters. The van der Waals surface area contributed by atoms with Crippen molar-refractivity contribution in [1.82, 2.24) is 9.38 Å². The van der Waals surface area contributed by atoms with Crippen molar-refractivity contribution >= 4 is 11.6 Å². The average Bonchev–Trinajstić information content (AvgIpc) is 3.14. The Hall–Kier alpha value is -4.11. The zero-order valence-corrected chi connectivity index (χ0v) is 16.1. The Labute approximate surface area is 172 Å². The van der Waals surface area contributed by atoms with E-state index in [4.69, 9.17) is 9.47 Å². The van der Waals surface area contributed by atoms with Crippen molar-refractivity contribution in [2.24, 2.45) is 0 Å². The summed E-state index contributed by atoms with van der Waals surface area (Å²) >= 11 is 0. The number of pyridine rings is 1. The third-order valence-corrected chi connectivity index (χ3v) is 4.43. The molecule has 0 aliphatic carbocycles. The molecule has 0 amide bonds. The van der Waals surface area contributed by atoms with Gasteiger partial charge in [-0.25, -0.2) is 14.2 Å². The van der Waals surface area contributed by atoms with Gasteiger partial charge in [-0.15, -0.1) is 0 Å². The number of benzene rings is 2. The number of hydrogen-bond acceptors (Lipinski definition) is 4. The van der Waals surface area contributed by atoms with Gasteiger partial charge in [0.25, 0.3) is 0 Å². The van der Waals surface area contributed by atoms with Gasteiger partial charge in [0, 0.05) is 11.8 Å². The minimum absolute atomic E-state index is 0.114. The molecule has 0 aliphatic heterocycles. The summed E-state index contributed by atoms with van der Waals surface area (Å²) in [6.45, 7) is 0.114. The van der Waals surface area contributed by atoms with E-state index in [1.165, 1.54) is 19.2 Å². The zero-order chi connectivity index (χ0) is 20.9. The topological polar surface area (TPSA) is 52.8 Å². The molecule has 30 heavy (non-hydrogen) atoms. The third kappa shape index (κ3) is 4.01. The second-order valence-corrected chi connectivity index (χ2v) is 6.37. The number of carbonyl (C=O) groups is 1. The summed E-state index contributed by atoms with van der Waals surface area (Å²) in [6, 6.07) is 18.5. The van der Waals surface area contributed by atoms with Crippen LogP contribution in [0.15, 0.2) is 72.9 Å². The lowest BCUT2D eigenvalue weighted by Gasteiger charge is -2.09. The molecule has 0 spiro atoms. The summed E-state index contributed by atoms with van der Waals surface area (Å²) in [5.74, 6) is 5.77. The Bertz CT molecular complexity index is 1270. The Morgan fingerprint density at radius 3 is 2.60 bits per heavy atom. The van der Waals surface area contributed by atoms with Crippen LogP contribution in [0.1, 0.15) is 27.3 Å². The summed E-state index contributed by atoms with van der Waals surface area (Å²) in [7, 11) is 1.32. The van der Waals surface area contributed by atoms with Gasteiger partial charge >= 0.3 is 5.97 Å². The van der Waals surface area contributed by atoms with E-state index < -0.39 is 5.97 Å². The number of fused-ring (bicyclic) bond motifs is 1. The van der Waals surface area contributed by atoms with E-state index in [-0.39, 0.29) is 12.4 Å². The first kappa shape index (κ1) is 19.2. The lowest BCUT2D eigenvalue weighted by molar-refractivity contribution is 0.0595. The molecule has 0 atom stereocenters. The second-order valence-electron chi connectivity index (χ2n) is 6.37. The summed E-state index contributed by atoms with van der Waals surface area (Å²) in [6.07, 6.45) is 1.86. The lowest BCUT2D eigenvalue weighted by atomic mass is 10.2. The maximum atomic E-state index is 13.1. The Kier molecular flexibility index (Phi) is 5.44. The minimum Gasteiger partial charge on any atom is -0.486 e. The molecule has 0 aliphatic rings. The van der Waals surface area contributed by atoms with E-state index in [9.17, 15) is 9.18 Å². The first-order valence-corrected chi connectivity index (χ1v) is 9.19. The molecular formula is C24H17FN2O3.